The molecule has 0 aliphatic rings. The Morgan fingerprint density at radius 3 is 2.35 bits per heavy atom. The molecule has 0 aliphatic heterocycles. The summed E-state index contributed by atoms with van der Waals surface area (Å²) in [5.41, 5.74) is 2.07. The summed E-state index contributed by atoms with van der Waals surface area (Å²) in [6.07, 6.45) is 1.64. The number of nitrogens with zero attached hydrogens (tertiary/aromatic N) is 2. The second kappa shape index (κ2) is 5.43. The third-order valence-electron chi connectivity index (χ3n) is 2.98. The molecule has 2 aromatic carbocycles. The number of benzene rings is 2. The number of rotatable bonds is 3. The fourth-order valence-electron chi connectivity index (χ4n) is 2.00. The smallest absolute Gasteiger partial charge is 0.211 e. The second-order valence-corrected chi connectivity index (χ2v) is 5.22. The number of carbonyl (C=O) groups is 1. The van der Waals surface area contributed by atoms with Crippen molar-refractivity contribution in [3.63, 3.8) is 0 Å². The Bertz CT molecular complexity index is 733. The van der Waals surface area contributed by atoms with Gasteiger partial charge in [-0.25, -0.2) is 4.68 Å². The average molecular weight is 327 g/mol. The zero-order chi connectivity index (χ0) is 13.9. The van der Waals surface area contributed by atoms with Crippen LogP contribution in [0, 0.1) is 0 Å². The van der Waals surface area contributed by atoms with Crippen molar-refractivity contribution in [1.29, 1.82) is 0 Å². The van der Waals surface area contributed by atoms with E-state index in [1.54, 1.807) is 29.1 Å². The zero-order valence-electron chi connectivity index (χ0n) is 10.5. The van der Waals surface area contributed by atoms with Crippen molar-refractivity contribution in [2.75, 3.05) is 0 Å². The predicted octanol–water partition coefficient (Wildman–Crippen LogP) is 3.87. The molecule has 0 bridgehead atoms. The summed E-state index contributed by atoms with van der Waals surface area (Å²) < 4.78 is 2.61. The normalized spacial score (nSPS) is 10.4. The van der Waals surface area contributed by atoms with Crippen molar-refractivity contribution in [3.05, 3.63) is 82.6 Å². The Morgan fingerprint density at radius 1 is 0.950 bits per heavy atom. The molecule has 4 heteroatoms. The Kier molecular flexibility index (Phi) is 3.48. The Balaban J connectivity index is 2.02. The van der Waals surface area contributed by atoms with E-state index >= 15 is 0 Å². The highest BCUT2D eigenvalue weighted by Gasteiger charge is 2.15. The first-order valence-corrected chi connectivity index (χ1v) is 6.95. The van der Waals surface area contributed by atoms with E-state index in [0.717, 1.165) is 10.2 Å². The maximum absolute atomic E-state index is 12.5. The van der Waals surface area contributed by atoms with Crippen LogP contribution in [0.4, 0.5) is 0 Å². The average Bonchev–Trinajstić information content (AvgIpc) is 2.97. The Labute approximate surface area is 125 Å². The molecule has 0 saturated carbocycles. The van der Waals surface area contributed by atoms with E-state index in [1.165, 1.54) is 0 Å². The topological polar surface area (TPSA) is 34.9 Å². The summed E-state index contributed by atoms with van der Waals surface area (Å²) in [7, 11) is 0. The van der Waals surface area contributed by atoms with Gasteiger partial charge >= 0.3 is 0 Å². The first kappa shape index (κ1) is 12.8. The van der Waals surface area contributed by atoms with E-state index in [4.69, 9.17) is 0 Å². The minimum absolute atomic E-state index is 0.0427. The van der Waals surface area contributed by atoms with Gasteiger partial charge in [-0.3, -0.25) is 4.79 Å². The lowest BCUT2D eigenvalue weighted by atomic mass is 10.1. The monoisotopic (exact) mass is 326 g/mol. The molecule has 0 atom stereocenters. The summed E-state index contributed by atoms with van der Waals surface area (Å²) in [5, 5.41) is 4.24. The lowest BCUT2D eigenvalue weighted by molar-refractivity contribution is 0.103. The minimum atomic E-state index is -0.0427. The molecule has 98 valence electrons. The van der Waals surface area contributed by atoms with Crippen LogP contribution < -0.4 is 0 Å². The van der Waals surface area contributed by atoms with Crippen molar-refractivity contribution in [1.82, 2.24) is 9.78 Å². The molecule has 0 N–H and O–H groups in total. The quantitative estimate of drug-likeness (QED) is 0.685. The van der Waals surface area contributed by atoms with Crippen molar-refractivity contribution < 1.29 is 4.79 Å². The van der Waals surface area contributed by atoms with Crippen molar-refractivity contribution >= 4 is 21.7 Å². The summed E-state index contributed by atoms with van der Waals surface area (Å²) in [5.74, 6) is -0.0427. The molecule has 0 radical (unpaired) electrons. The maximum Gasteiger partial charge on any atom is 0.211 e. The molecule has 1 aromatic heterocycles. The van der Waals surface area contributed by atoms with Gasteiger partial charge in [-0.1, -0.05) is 34.1 Å². The Morgan fingerprint density at radius 2 is 1.65 bits per heavy atom. The number of carbonyl (C=O) groups excluding carboxylic acids is 1. The van der Waals surface area contributed by atoms with Crippen LogP contribution in [-0.2, 0) is 0 Å². The van der Waals surface area contributed by atoms with E-state index in [0.29, 0.717) is 11.3 Å². The highest BCUT2D eigenvalue weighted by atomic mass is 79.9. The molecule has 20 heavy (non-hydrogen) atoms. The first-order valence-electron chi connectivity index (χ1n) is 6.15. The second-order valence-electron chi connectivity index (χ2n) is 4.30. The molecule has 0 fully saturated rings. The van der Waals surface area contributed by atoms with E-state index in [2.05, 4.69) is 21.0 Å². The van der Waals surface area contributed by atoms with Gasteiger partial charge in [-0.15, -0.1) is 0 Å². The van der Waals surface area contributed by atoms with Gasteiger partial charge in [0.25, 0.3) is 0 Å². The number of halogens is 1. The number of hydrogen-bond acceptors (Lipinski definition) is 2. The minimum Gasteiger partial charge on any atom is -0.287 e. The molecule has 3 aromatic rings. The SMILES string of the molecule is O=C(c1ccc(Br)cc1)c1ccnn1-c1ccccc1. The number of ketones is 1. The fraction of sp³-hybridized carbons (Fsp3) is 0. The van der Waals surface area contributed by atoms with Crippen LogP contribution in [0.25, 0.3) is 5.69 Å². The predicted molar refractivity (Wildman–Crippen MR) is 81.1 cm³/mol. The van der Waals surface area contributed by atoms with Crippen molar-refractivity contribution in [2.45, 2.75) is 0 Å². The van der Waals surface area contributed by atoms with E-state index < -0.39 is 0 Å². The van der Waals surface area contributed by atoms with Crippen LogP contribution in [0.2, 0.25) is 0 Å². The van der Waals surface area contributed by atoms with Crippen molar-refractivity contribution in [3.8, 4) is 5.69 Å². The van der Waals surface area contributed by atoms with E-state index in [9.17, 15) is 4.79 Å². The molecule has 0 amide bonds. The van der Waals surface area contributed by atoms with Crippen LogP contribution in [0.3, 0.4) is 0 Å². The summed E-state index contributed by atoms with van der Waals surface area (Å²) in [4.78, 5) is 12.5. The summed E-state index contributed by atoms with van der Waals surface area (Å²) >= 11 is 3.37. The molecule has 3 rings (SSSR count). The summed E-state index contributed by atoms with van der Waals surface area (Å²) in [6, 6.07) is 18.7. The van der Waals surface area contributed by atoms with Crippen LogP contribution in [0.5, 0.6) is 0 Å². The number of para-hydroxylation sites is 1. The highest BCUT2D eigenvalue weighted by Crippen LogP contribution is 2.16. The lowest BCUT2D eigenvalue weighted by Gasteiger charge is -2.06. The molecule has 0 spiro atoms. The van der Waals surface area contributed by atoms with Gasteiger partial charge in [-0.2, -0.15) is 5.10 Å². The molecule has 0 unspecified atom stereocenters. The molecular formula is C16H11BrN2O. The number of aromatic nitrogens is 2. The lowest BCUT2D eigenvalue weighted by Crippen LogP contribution is -2.09. The van der Waals surface area contributed by atoms with E-state index in [1.807, 2.05) is 42.5 Å². The van der Waals surface area contributed by atoms with Crippen LogP contribution in [0.1, 0.15) is 16.1 Å². The molecule has 3 nitrogen and oxygen atoms in total. The van der Waals surface area contributed by atoms with Gasteiger partial charge in [0.15, 0.2) is 0 Å². The van der Waals surface area contributed by atoms with E-state index in [-0.39, 0.29) is 5.78 Å². The third-order valence-corrected chi connectivity index (χ3v) is 3.51. The Hall–Kier alpha value is -2.20. The molecular weight excluding hydrogens is 316 g/mol. The van der Waals surface area contributed by atoms with Gasteiger partial charge in [0.05, 0.1) is 11.9 Å². The van der Waals surface area contributed by atoms with Crippen LogP contribution in [-0.4, -0.2) is 15.6 Å². The van der Waals surface area contributed by atoms with Gasteiger partial charge in [0.1, 0.15) is 5.69 Å². The highest BCUT2D eigenvalue weighted by molar-refractivity contribution is 9.10. The standard InChI is InChI=1S/C16H11BrN2O/c17-13-8-6-12(7-9-13)16(20)15-10-11-18-19(15)14-4-2-1-3-5-14/h1-11H. The fourth-order valence-corrected chi connectivity index (χ4v) is 2.26. The van der Waals surface area contributed by atoms with Crippen LogP contribution in [0.15, 0.2) is 71.3 Å². The van der Waals surface area contributed by atoms with Gasteiger partial charge < -0.3 is 0 Å². The van der Waals surface area contributed by atoms with Crippen molar-refractivity contribution in [2.24, 2.45) is 0 Å². The molecule has 0 saturated heterocycles. The first-order chi connectivity index (χ1) is 9.75. The molecule has 0 aliphatic carbocycles. The van der Waals surface area contributed by atoms with Gasteiger partial charge in [0, 0.05) is 10.0 Å². The summed E-state index contributed by atoms with van der Waals surface area (Å²) in [6.45, 7) is 0. The largest absolute Gasteiger partial charge is 0.287 e. The van der Waals surface area contributed by atoms with Crippen LogP contribution >= 0.6 is 15.9 Å². The number of hydrogen-bond donors (Lipinski definition) is 0. The maximum atomic E-state index is 12.5. The molecule has 1 heterocycles. The van der Waals surface area contributed by atoms with Gasteiger partial charge in [0.2, 0.25) is 5.78 Å². The zero-order valence-corrected chi connectivity index (χ0v) is 12.1. The third kappa shape index (κ3) is 2.42. The van der Waals surface area contributed by atoms with Gasteiger partial charge in [-0.05, 0) is 42.5 Å².